The fourth-order valence-corrected chi connectivity index (χ4v) is 3.42. The SMILES string of the molecule is COc1ccc(Sc2nsc(NC(=O)[C@@H]3CCOC3)n2)cc1. The Morgan fingerprint density at radius 3 is 2.95 bits per heavy atom. The van der Waals surface area contributed by atoms with Crippen LogP contribution in [0.3, 0.4) is 0 Å². The number of benzene rings is 1. The van der Waals surface area contributed by atoms with E-state index in [0.717, 1.165) is 17.1 Å². The lowest BCUT2D eigenvalue weighted by atomic mass is 10.1. The molecule has 22 heavy (non-hydrogen) atoms. The topological polar surface area (TPSA) is 73.3 Å². The summed E-state index contributed by atoms with van der Waals surface area (Å²) in [6, 6.07) is 7.66. The number of hydrogen-bond donors (Lipinski definition) is 1. The molecule has 2 aromatic rings. The summed E-state index contributed by atoms with van der Waals surface area (Å²) in [4.78, 5) is 17.3. The third-order valence-electron chi connectivity index (χ3n) is 3.21. The van der Waals surface area contributed by atoms with Crippen molar-refractivity contribution in [3.8, 4) is 5.75 Å². The highest BCUT2D eigenvalue weighted by Gasteiger charge is 2.24. The Bertz CT molecular complexity index is 639. The largest absolute Gasteiger partial charge is 0.497 e. The van der Waals surface area contributed by atoms with Crippen molar-refractivity contribution in [1.29, 1.82) is 0 Å². The van der Waals surface area contributed by atoms with Gasteiger partial charge in [-0.2, -0.15) is 9.36 Å². The van der Waals surface area contributed by atoms with Crippen molar-refractivity contribution in [2.24, 2.45) is 5.92 Å². The first-order chi connectivity index (χ1) is 10.7. The zero-order chi connectivity index (χ0) is 15.4. The minimum atomic E-state index is -0.0819. The second-order valence-electron chi connectivity index (χ2n) is 4.71. The van der Waals surface area contributed by atoms with Crippen molar-refractivity contribution in [2.75, 3.05) is 25.6 Å². The van der Waals surface area contributed by atoms with Gasteiger partial charge in [-0.3, -0.25) is 4.79 Å². The normalized spacial score (nSPS) is 17.4. The summed E-state index contributed by atoms with van der Waals surface area (Å²) in [7, 11) is 1.63. The first-order valence-corrected chi connectivity index (χ1v) is 8.38. The van der Waals surface area contributed by atoms with Gasteiger partial charge in [0.05, 0.1) is 19.6 Å². The van der Waals surface area contributed by atoms with Crippen LogP contribution in [0.25, 0.3) is 0 Å². The molecule has 0 unspecified atom stereocenters. The molecule has 1 atom stereocenters. The quantitative estimate of drug-likeness (QED) is 0.904. The van der Waals surface area contributed by atoms with Crippen LogP contribution >= 0.6 is 23.3 Å². The molecule has 0 aliphatic carbocycles. The van der Waals surface area contributed by atoms with Gasteiger partial charge in [-0.1, -0.05) is 0 Å². The fourth-order valence-electron chi connectivity index (χ4n) is 2.00. The summed E-state index contributed by atoms with van der Waals surface area (Å²) in [5.74, 6) is 0.679. The number of amides is 1. The van der Waals surface area contributed by atoms with Gasteiger partial charge >= 0.3 is 0 Å². The molecule has 8 heteroatoms. The number of nitrogens with zero attached hydrogens (tertiary/aromatic N) is 2. The van der Waals surface area contributed by atoms with Crippen LogP contribution < -0.4 is 10.1 Å². The van der Waals surface area contributed by atoms with Gasteiger partial charge in [-0.15, -0.1) is 0 Å². The molecule has 0 bridgehead atoms. The molecule has 116 valence electrons. The Balaban J connectivity index is 1.59. The highest BCUT2D eigenvalue weighted by molar-refractivity contribution is 7.99. The minimum absolute atomic E-state index is 0.0466. The molecule has 6 nitrogen and oxygen atoms in total. The average Bonchev–Trinajstić information content (AvgIpc) is 3.20. The number of hydrogen-bond acceptors (Lipinski definition) is 7. The Morgan fingerprint density at radius 1 is 1.45 bits per heavy atom. The van der Waals surface area contributed by atoms with Crippen LogP contribution in [0, 0.1) is 5.92 Å². The number of rotatable bonds is 5. The van der Waals surface area contributed by atoms with Gasteiger partial charge in [0.25, 0.3) is 0 Å². The van der Waals surface area contributed by atoms with E-state index < -0.39 is 0 Å². The van der Waals surface area contributed by atoms with Gasteiger partial charge in [0.1, 0.15) is 5.75 Å². The molecule has 1 amide bonds. The van der Waals surface area contributed by atoms with Crippen LogP contribution in [-0.4, -0.2) is 35.6 Å². The third kappa shape index (κ3) is 3.76. The van der Waals surface area contributed by atoms with Gasteiger partial charge in [0, 0.05) is 23.0 Å². The van der Waals surface area contributed by atoms with Gasteiger partial charge in [-0.25, -0.2) is 0 Å². The second kappa shape index (κ2) is 7.08. The van der Waals surface area contributed by atoms with E-state index in [2.05, 4.69) is 14.7 Å². The van der Waals surface area contributed by atoms with E-state index in [4.69, 9.17) is 9.47 Å². The molecule has 1 fully saturated rings. The summed E-state index contributed by atoms with van der Waals surface area (Å²) in [6.07, 6.45) is 0.762. The molecular weight excluding hydrogens is 322 g/mol. The maximum Gasteiger partial charge on any atom is 0.231 e. The smallest absolute Gasteiger partial charge is 0.231 e. The Labute approximate surface area is 136 Å². The standard InChI is InChI=1S/C14H15N3O3S2/c1-19-10-2-4-11(5-3-10)21-14-16-13(22-17-14)15-12(18)9-6-7-20-8-9/h2-5,9H,6-8H2,1H3,(H,15,16,17,18)/t9-/m1/s1. The van der Waals surface area contributed by atoms with Gasteiger partial charge in [0.2, 0.25) is 16.2 Å². The van der Waals surface area contributed by atoms with Crippen molar-refractivity contribution in [3.05, 3.63) is 24.3 Å². The molecule has 1 aliphatic rings. The summed E-state index contributed by atoms with van der Waals surface area (Å²) < 4.78 is 14.6. The summed E-state index contributed by atoms with van der Waals surface area (Å²) >= 11 is 2.63. The maximum atomic E-state index is 12.0. The van der Waals surface area contributed by atoms with Gasteiger partial charge < -0.3 is 14.8 Å². The monoisotopic (exact) mass is 337 g/mol. The first kappa shape index (κ1) is 15.3. The van der Waals surface area contributed by atoms with Crippen LogP contribution in [0.4, 0.5) is 5.13 Å². The van der Waals surface area contributed by atoms with E-state index in [1.807, 2.05) is 24.3 Å². The zero-order valence-corrected chi connectivity index (χ0v) is 13.6. The molecule has 0 radical (unpaired) electrons. The van der Waals surface area contributed by atoms with E-state index >= 15 is 0 Å². The number of carbonyl (C=O) groups is 1. The molecule has 1 N–H and O–H groups in total. The molecule has 1 aliphatic heterocycles. The highest BCUT2D eigenvalue weighted by atomic mass is 32.2. The molecule has 1 saturated heterocycles. The number of aromatic nitrogens is 2. The van der Waals surface area contributed by atoms with Crippen LogP contribution in [0.2, 0.25) is 0 Å². The molecule has 0 spiro atoms. The van der Waals surface area contributed by atoms with Crippen molar-refractivity contribution in [2.45, 2.75) is 16.5 Å². The Hall–Kier alpha value is -1.64. The molecule has 2 heterocycles. The van der Waals surface area contributed by atoms with Crippen molar-refractivity contribution in [1.82, 2.24) is 9.36 Å². The summed E-state index contributed by atoms with van der Waals surface area (Å²) in [6.45, 7) is 1.13. The molecule has 1 aromatic heterocycles. The minimum Gasteiger partial charge on any atom is -0.497 e. The molecule has 0 saturated carbocycles. The Morgan fingerprint density at radius 2 is 2.27 bits per heavy atom. The van der Waals surface area contributed by atoms with E-state index in [1.165, 1.54) is 23.3 Å². The van der Waals surface area contributed by atoms with Crippen LogP contribution in [0.5, 0.6) is 5.75 Å². The maximum absolute atomic E-state index is 12.0. The molecular formula is C14H15N3O3S2. The number of ether oxygens (including phenoxy) is 2. The van der Waals surface area contributed by atoms with Crippen LogP contribution in [-0.2, 0) is 9.53 Å². The number of nitrogens with one attached hydrogen (secondary N) is 1. The lowest BCUT2D eigenvalue weighted by Gasteiger charge is -2.05. The Kier molecular flexibility index (Phi) is 4.91. The predicted octanol–water partition coefficient (Wildman–Crippen LogP) is 2.67. The summed E-state index contributed by atoms with van der Waals surface area (Å²) in [5, 5.41) is 3.94. The summed E-state index contributed by atoms with van der Waals surface area (Å²) in [5.41, 5.74) is 0. The lowest BCUT2D eigenvalue weighted by molar-refractivity contribution is -0.119. The van der Waals surface area contributed by atoms with Crippen LogP contribution in [0.1, 0.15) is 6.42 Å². The van der Waals surface area contributed by atoms with Crippen LogP contribution in [0.15, 0.2) is 34.3 Å². The average molecular weight is 337 g/mol. The number of methoxy groups -OCH3 is 1. The van der Waals surface area contributed by atoms with E-state index in [-0.39, 0.29) is 11.8 Å². The van der Waals surface area contributed by atoms with Gasteiger partial charge in [-0.05, 0) is 42.4 Å². The second-order valence-corrected chi connectivity index (χ2v) is 6.50. The predicted molar refractivity (Wildman–Crippen MR) is 84.6 cm³/mol. The number of anilines is 1. The van der Waals surface area contributed by atoms with E-state index in [1.54, 1.807) is 7.11 Å². The van der Waals surface area contributed by atoms with Crippen molar-refractivity contribution in [3.63, 3.8) is 0 Å². The fraction of sp³-hybridized carbons (Fsp3) is 0.357. The highest BCUT2D eigenvalue weighted by Crippen LogP contribution is 2.29. The molecule has 3 rings (SSSR count). The van der Waals surface area contributed by atoms with Gasteiger partial charge in [0.15, 0.2) is 0 Å². The van der Waals surface area contributed by atoms with E-state index in [0.29, 0.717) is 23.5 Å². The van der Waals surface area contributed by atoms with Crippen molar-refractivity contribution < 1.29 is 14.3 Å². The van der Waals surface area contributed by atoms with E-state index in [9.17, 15) is 4.79 Å². The zero-order valence-electron chi connectivity index (χ0n) is 11.9. The third-order valence-corrected chi connectivity index (χ3v) is 4.83. The van der Waals surface area contributed by atoms with Crippen molar-refractivity contribution >= 4 is 34.3 Å². The lowest BCUT2D eigenvalue weighted by Crippen LogP contribution is -2.22. The molecule has 1 aromatic carbocycles. The number of carbonyl (C=O) groups excluding carboxylic acids is 1. The first-order valence-electron chi connectivity index (χ1n) is 6.79.